The Kier molecular flexibility index (Phi) is 4.83. The van der Waals surface area contributed by atoms with Crippen LogP contribution < -0.4 is 5.32 Å². The van der Waals surface area contributed by atoms with Crippen molar-refractivity contribution in [2.24, 2.45) is 5.92 Å². The van der Waals surface area contributed by atoms with Crippen molar-refractivity contribution in [3.8, 4) is 0 Å². The van der Waals surface area contributed by atoms with Gasteiger partial charge < -0.3 is 10.2 Å². The minimum absolute atomic E-state index is 0.0681. The SMILES string of the molecule is Cc1ccc(Cl)cc1C(=O)N(C)CC1CCNCC1. The standard InChI is InChI=1S/C15H21ClN2O/c1-11-3-4-13(16)9-14(11)15(19)18(2)10-12-5-7-17-8-6-12/h3-4,9,12,17H,5-8,10H2,1-2H3. The molecule has 4 heteroatoms. The van der Waals surface area contributed by atoms with Crippen molar-refractivity contribution >= 4 is 17.5 Å². The first kappa shape index (κ1) is 14.4. The molecule has 1 aromatic rings. The molecule has 104 valence electrons. The molecule has 1 amide bonds. The molecular formula is C15H21ClN2O. The minimum atomic E-state index is 0.0681. The van der Waals surface area contributed by atoms with Gasteiger partial charge in [-0.25, -0.2) is 0 Å². The molecule has 3 nitrogen and oxygen atoms in total. The number of hydrogen-bond acceptors (Lipinski definition) is 2. The third-order valence-corrected chi connectivity index (χ3v) is 4.00. The summed E-state index contributed by atoms with van der Waals surface area (Å²) in [5.74, 6) is 0.674. The van der Waals surface area contributed by atoms with Crippen molar-refractivity contribution < 1.29 is 4.79 Å². The smallest absolute Gasteiger partial charge is 0.253 e. The van der Waals surface area contributed by atoms with E-state index in [1.165, 1.54) is 0 Å². The number of carbonyl (C=O) groups is 1. The maximum absolute atomic E-state index is 12.4. The third kappa shape index (κ3) is 3.71. The van der Waals surface area contributed by atoms with Crippen LogP contribution in [0.15, 0.2) is 18.2 Å². The second kappa shape index (κ2) is 6.40. The van der Waals surface area contributed by atoms with Crippen LogP contribution in [0.5, 0.6) is 0 Å². The minimum Gasteiger partial charge on any atom is -0.341 e. The van der Waals surface area contributed by atoms with Crippen LogP contribution in [0.25, 0.3) is 0 Å². The maximum atomic E-state index is 12.4. The van der Waals surface area contributed by atoms with E-state index in [1.54, 1.807) is 6.07 Å². The highest BCUT2D eigenvalue weighted by atomic mass is 35.5. The van der Waals surface area contributed by atoms with E-state index in [0.717, 1.165) is 38.0 Å². The number of piperidine rings is 1. The first-order valence-corrected chi connectivity index (χ1v) is 7.18. The second-order valence-corrected chi connectivity index (χ2v) is 5.77. The van der Waals surface area contributed by atoms with E-state index in [-0.39, 0.29) is 5.91 Å². The van der Waals surface area contributed by atoms with Gasteiger partial charge in [-0.3, -0.25) is 4.79 Å². The molecule has 2 rings (SSSR count). The first-order valence-electron chi connectivity index (χ1n) is 6.80. The Morgan fingerprint density at radius 3 is 2.79 bits per heavy atom. The van der Waals surface area contributed by atoms with E-state index >= 15 is 0 Å². The number of carbonyl (C=O) groups excluding carboxylic acids is 1. The summed E-state index contributed by atoms with van der Waals surface area (Å²) >= 11 is 5.98. The number of halogens is 1. The molecule has 0 aliphatic carbocycles. The lowest BCUT2D eigenvalue weighted by Gasteiger charge is -2.28. The fraction of sp³-hybridized carbons (Fsp3) is 0.533. The zero-order chi connectivity index (χ0) is 13.8. The fourth-order valence-electron chi connectivity index (χ4n) is 2.56. The van der Waals surface area contributed by atoms with Crippen LogP contribution in [0.1, 0.15) is 28.8 Å². The van der Waals surface area contributed by atoms with Crippen molar-refractivity contribution in [3.63, 3.8) is 0 Å². The van der Waals surface area contributed by atoms with Gasteiger partial charge in [0, 0.05) is 24.2 Å². The van der Waals surface area contributed by atoms with Gasteiger partial charge in [-0.15, -0.1) is 0 Å². The normalized spacial score (nSPS) is 16.4. The molecule has 1 N–H and O–H groups in total. The summed E-state index contributed by atoms with van der Waals surface area (Å²) in [6.07, 6.45) is 2.29. The molecule has 1 heterocycles. The Balaban J connectivity index is 2.03. The Bertz CT molecular complexity index is 455. The molecule has 0 radical (unpaired) electrons. The Hall–Kier alpha value is -1.06. The van der Waals surface area contributed by atoms with E-state index in [2.05, 4.69) is 5.32 Å². The number of hydrogen-bond donors (Lipinski definition) is 1. The van der Waals surface area contributed by atoms with E-state index < -0.39 is 0 Å². The van der Waals surface area contributed by atoms with Crippen LogP contribution in [0, 0.1) is 12.8 Å². The average molecular weight is 281 g/mol. The van der Waals surface area contributed by atoms with Crippen LogP contribution in [0.4, 0.5) is 0 Å². The van der Waals surface area contributed by atoms with Gasteiger partial charge >= 0.3 is 0 Å². The van der Waals surface area contributed by atoms with Gasteiger partial charge in [0.1, 0.15) is 0 Å². The fourth-order valence-corrected chi connectivity index (χ4v) is 2.74. The van der Waals surface area contributed by atoms with Gasteiger partial charge in [-0.1, -0.05) is 17.7 Å². The van der Waals surface area contributed by atoms with Gasteiger partial charge in [-0.2, -0.15) is 0 Å². The number of benzene rings is 1. The van der Waals surface area contributed by atoms with E-state index in [9.17, 15) is 4.79 Å². The Labute approximate surface area is 119 Å². The number of nitrogens with zero attached hydrogens (tertiary/aromatic N) is 1. The highest BCUT2D eigenvalue weighted by molar-refractivity contribution is 6.31. The topological polar surface area (TPSA) is 32.3 Å². The average Bonchev–Trinajstić information content (AvgIpc) is 2.42. The first-order chi connectivity index (χ1) is 9.08. The quantitative estimate of drug-likeness (QED) is 0.923. The highest BCUT2D eigenvalue weighted by Gasteiger charge is 2.20. The van der Waals surface area contributed by atoms with Crippen molar-refractivity contribution in [3.05, 3.63) is 34.3 Å². The Morgan fingerprint density at radius 1 is 1.42 bits per heavy atom. The van der Waals surface area contributed by atoms with Gasteiger partial charge in [-0.05, 0) is 56.5 Å². The van der Waals surface area contributed by atoms with Gasteiger partial charge in [0.2, 0.25) is 0 Å². The molecular weight excluding hydrogens is 260 g/mol. The van der Waals surface area contributed by atoms with E-state index in [1.807, 2.05) is 31.0 Å². The predicted octanol–water partition coefficient (Wildman–Crippen LogP) is 2.72. The van der Waals surface area contributed by atoms with Crippen LogP contribution in [-0.4, -0.2) is 37.5 Å². The van der Waals surface area contributed by atoms with Gasteiger partial charge in [0.05, 0.1) is 0 Å². The summed E-state index contributed by atoms with van der Waals surface area (Å²) in [5.41, 5.74) is 1.69. The van der Waals surface area contributed by atoms with Crippen LogP contribution in [0.2, 0.25) is 5.02 Å². The molecule has 1 aliphatic heterocycles. The summed E-state index contributed by atoms with van der Waals surface area (Å²) in [5, 5.41) is 3.96. The molecule has 0 saturated carbocycles. The zero-order valence-electron chi connectivity index (χ0n) is 11.6. The number of rotatable bonds is 3. The monoisotopic (exact) mass is 280 g/mol. The van der Waals surface area contributed by atoms with Crippen LogP contribution >= 0.6 is 11.6 Å². The lowest BCUT2D eigenvalue weighted by Crippen LogP contribution is -2.37. The van der Waals surface area contributed by atoms with Crippen molar-refractivity contribution in [1.29, 1.82) is 0 Å². The largest absolute Gasteiger partial charge is 0.341 e. The molecule has 0 atom stereocenters. The number of nitrogens with one attached hydrogen (secondary N) is 1. The third-order valence-electron chi connectivity index (χ3n) is 3.77. The van der Waals surface area contributed by atoms with Crippen molar-refractivity contribution in [2.75, 3.05) is 26.7 Å². The molecule has 1 fully saturated rings. The Morgan fingerprint density at radius 2 is 2.11 bits per heavy atom. The van der Waals surface area contributed by atoms with Gasteiger partial charge in [0.15, 0.2) is 0 Å². The predicted molar refractivity (Wildman–Crippen MR) is 78.7 cm³/mol. The number of aryl methyl sites for hydroxylation is 1. The second-order valence-electron chi connectivity index (χ2n) is 5.34. The lowest BCUT2D eigenvalue weighted by molar-refractivity contribution is 0.0762. The molecule has 0 spiro atoms. The van der Waals surface area contributed by atoms with Crippen molar-refractivity contribution in [2.45, 2.75) is 19.8 Å². The van der Waals surface area contributed by atoms with Crippen LogP contribution in [-0.2, 0) is 0 Å². The molecule has 1 saturated heterocycles. The lowest BCUT2D eigenvalue weighted by atomic mass is 9.97. The zero-order valence-corrected chi connectivity index (χ0v) is 12.3. The molecule has 0 aromatic heterocycles. The van der Waals surface area contributed by atoms with E-state index in [4.69, 9.17) is 11.6 Å². The summed E-state index contributed by atoms with van der Waals surface area (Å²) in [6.45, 7) is 4.89. The maximum Gasteiger partial charge on any atom is 0.253 e. The summed E-state index contributed by atoms with van der Waals surface area (Å²) in [7, 11) is 1.88. The molecule has 0 bridgehead atoms. The summed E-state index contributed by atoms with van der Waals surface area (Å²) < 4.78 is 0. The number of amides is 1. The van der Waals surface area contributed by atoms with E-state index in [0.29, 0.717) is 16.5 Å². The summed E-state index contributed by atoms with van der Waals surface area (Å²) in [4.78, 5) is 14.3. The highest BCUT2D eigenvalue weighted by Crippen LogP contribution is 2.19. The van der Waals surface area contributed by atoms with Gasteiger partial charge in [0.25, 0.3) is 5.91 Å². The molecule has 19 heavy (non-hydrogen) atoms. The molecule has 1 aromatic carbocycles. The molecule has 0 unspecified atom stereocenters. The molecule has 1 aliphatic rings. The van der Waals surface area contributed by atoms with Crippen molar-refractivity contribution in [1.82, 2.24) is 10.2 Å². The van der Waals surface area contributed by atoms with Crippen LogP contribution in [0.3, 0.4) is 0 Å². The summed E-state index contributed by atoms with van der Waals surface area (Å²) in [6, 6.07) is 5.48.